The number of aliphatic hydroxyl groups excluding tert-OH is 1. The highest BCUT2D eigenvalue weighted by Crippen LogP contribution is 2.30. The van der Waals surface area contributed by atoms with Gasteiger partial charge in [-0.2, -0.15) is 5.10 Å². The molecule has 3 amide bonds. The molecule has 2 aliphatic heterocycles. The molecule has 8 nitrogen and oxygen atoms in total. The summed E-state index contributed by atoms with van der Waals surface area (Å²) < 4.78 is 41.7. The first-order valence-corrected chi connectivity index (χ1v) is 9.37. The first kappa shape index (κ1) is 21.6. The zero-order valence-corrected chi connectivity index (χ0v) is 16.5. The molecule has 4 rings (SSSR count). The lowest BCUT2D eigenvalue weighted by molar-refractivity contribution is -0.117. The van der Waals surface area contributed by atoms with Crippen LogP contribution in [0.4, 0.5) is 29.3 Å². The number of benzene rings is 1. The van der Waals surface area contributed by atoms with E-state index in [9.17, 15) is 22.8 Å². The smallest absolute Gasteiger partial charge is 0.322 e. The van der Waals surface area contributed by atoms with Crippen molar-refractivity contribution in [3.63, 3.8) is 0 Å². The van der Waals surface area contributed by atoms with E-state index < -0.39 is 23.5 Å². The van der Waals surface area contributed by atoms with Gasteiger partial charge in [0, 0.05) is 39.3 Å². The molecule has 2 aromatic rings. The third-order valence-corrected chi connectivity index (χ3v) is 5.08. The van der Waals surface area contributed by atoms with Crippen LogP contribution in [-0.2, 0) is 17.9 Å². The number of amides is 3. The van der Waals surface area contributed by atoms with Crippen LogP contribution in [0.15, 0.2) is 18.3 Å². The summed E-state index contributed by atoms with van der Waals surface area (Å²) in [5.41, 5.74) is 1.22. The topological polar surface area (TPSA) is 90.7 Å². The van der Waals surface area contributed by atoms with Crippen LogP contribution in [-0.4, -0.2) is 51.4 Å². The Hall–Kier alpha value is -3.08. The van der Waals surface area contributed by atoms with E-state index in [1.165, 1.54) is 4.90 Å². The first-order valence-electron chi connectivity index (χ1n) is 9.37. The Kier molecular flexibility index (Phi) is 6.30. The summed E-state index contributed by atoms with van der Waals surface area (Å²) in [6.45, 7) is 3.01. The molecule has 0 bridgehead atoms. The molecular formula is C19H24F3N5O3. The summed E-state index contributed by atoms with van der Waals surface area (Å²) >= 11 is 0. The minimum atomic E-state index is -1.59. The van der Waals surface area contributed by atoms with Crippen molar-refractivity contribution in [3.8, 4) is 0 Å². The molecular weight excluding hydrogens is 403 g/mol. The summed E-state index contributed by atoms with van der Waals surface area (Å²) in [6.07, 6.45) is 2.87. The van der Waals surface area contributed by atoms with Crippen LogP contribution >= 0.6 is 0 Å². The number of nitrogens with zero attached hydrogens (tertiary/aromatic N) is 4. The fourth-order valence-electron chi connectivity index (χ4n) is 3.61. The molecule has 164 valence electrons. The highest BCUT2D eigenvalue weighted by atomic mass is 19.2. The van der Waals surface area contributed by atoms with Gasteiger partial charge >= 0.3 is 6.03 Å². The van der Waals surface area contributed by atoms with E-state index in [1.807, 2.05) is 6.92 Å². The van der Waals surface area contributed by atoms with Gasteiger partial charge in [-0.15, -0.1) is 0 Å². The molecule has 1 atom stereocenters. The monoisotopic (exact) mass is 427 g/mol. The third-order valence-electron chi connectivity index (χ3n) is 5.08. The van der Waals surface area contributed by atoms with Gasteiger partial charge in [-0.1, -0.05) is 0 Å². The second-order valence-electron chi connectivity index (χ2n) is 6.97. The Morgan fingerprint density at radius 2 is 1.93 bits per heavy atom. The van der Waals surface area contributed by atoms with Crippen molar-refractivity contribution < 1.29 is 29.3 Å². The lowest BCUT2D eigenvalue weighted by Crippen LogP contribution is -2.47. The normalized spacial score (nSPS) is 18.1. The summed E-state index contributed by atoms with van der Waals surface area (Å²) in [5, 5.41) is 13.7. The molecule has 1 aromatic carbocycles. The number of anilines is 2. The second kappa shape index (κ2) is 8.74. The number of carbonyl (C=O) groups is 2. The maximum Gasteiger partial charge on any atom is 0.322 e. The minimum absolute atomic E-state index is 0. The molecule has 0 saturated carbocycles. The van der Waals surface area contributed by atoms with E-state index >= 15 is 0 Å². The Morgan fingerprint density at radius 3 is 2.53 bits per heavy atom. The predicted octanol–water partition coefficient (Wildman–Crippen LogP) is 2.72. The van der Waals surface area contributed by atoms with Crippen LogP contribution in [0.25, 0.3) is 0 Å². The number of aliphatic hydroxyl groups is 1. The SMILES string of the molecule is CO.C[C@H]1Cn2ncc(N3CCCC3=O)c2CN1C(=O)Nc1cc(F)c(F)c(F)c1.[HH]. The van der Waals surface area contributed by atoms with E-state index in [-0.39, 0.29) is 25.6 Å². The molecule has 0 unspecified atom stereocenters. The van der Waals surface area contributed by atoms with Crippen molar-refractivity contribution >= 4 is 23.3 Å². The summed E-state index contributed by atoms with van der Waals surface area (Å²) in [7, 11) is 1.00. The van der Waals surface area contributed by atoms with Crippen molar-refractivity contribution in [1.82, 2.24) is 14.7 Å². The van der Waals surface area contributed by atoms with Crippen molar-refractivity contribution in [2.24, 2.45) is 0 Å². The summed E-state index contributed by atoms with van der Waals surface area (Å²) in [5.74, 6) is -4.33. The number of hydrogen-bond acceptors (Lipinski definition) is 4. The van der Waals surface area contributed by atoms with Crippen molar-refractivity contribution in [3.05, 3.63) is 41.5 Å². The standard InChI is InChI=1S/C18H18F3N5O2.CH4O.H2/c1-10-8-26-15(14(7-22-26)24-4-2-3-16(24)27)9-25(10)18(28)23-11-5-12(19)17(21)13(20)6-11;1-2;/h5-7,10H,2-4,8-9H2,1H3,(H,23,28);2H,1H3;1H/t10-;;/m0../s1. The van der Waals surface area contributed by atoms with E-state index in [0.717, 1.165) is 31.4 Å². The largest absolute Gasteiger partial charge is 0.400 e. The van der Waals surface area contributed by atoms with Gasteiger partial charge in [-0.05, 0) is 13.3 Å². The van der Waals surface area contributed by atoms with Gasteiger partial charge in [-0.3, -0.25) is 9.48 Å². The quantitative estimate of drug-likeness (QED) is 0.721. The van der Waals surface area contributed by atoms with Crippen LogP contribution in [0.5, 0.6) is 0 Å². The van der Waals surface area contributed by atoms with E-state index in [0.29, 0.717) is 25.2 Å². The van der Waals surface area contributed by atoms with Gasteiger partial charge in [0.25, 0.3) is 0 Å². The average molecular weight is 427 g/mol. The Bertz CT molecular complexity index is 948. The molecule has 1 fully saturated rings. The van der Waals surface area contributed by atoms with Gasteiger partial charge in [0.15, 0.2) is 17.5 Å². The van der Waals surface area contributed by atoms with Crippen LogP contribution < -0.4 is 10.2 Å². The zero-order valence-electron chi connectivity index (χ0n) is 16.5. The molecule has 0 radical (unpaired) electrons. The van der Waals surface area contributed by atoms with Gasteiger partial charge < -0.3 is 20.2 Å². The predicted molar refractivity (Wildman–Crippen MR) is 104 cm³/mol. The molecule has 2 N–H and O–H groups in total. The molecule has 0 spiro atoms. The van der Waals surface area contributed by atoms with E-state index in [1.54, 1.807) is 15.8 Å². The van der Waals surface area contributed by atoms with Crippen LogP contribution in [0.1, 0.15) is 26.9 Å². The number of carbonyl (C=O) groups excluding carboxylic acids is 2. The zero-order chi connectivity index (χ0) is 22.0. The highest BCUT2D eigenvalue weighted by Gasteiger charge is 2.33. The Balaban J connectivity index is 0.00000111. The molecule has 0 aliphatic carbocycles. The van der Waals surface area contributed by atoms with Crippen LogP contribution in [0.2, 0.25) is 0 Å². The second-order valence-corrected chi connectivity index (χ2v) is 6.97. The molecule has 30 heavy (non-hydrogen) atoms. The summed E-state index contributed by atoms with van der Waals surface area (Å²) in [6, 6.07) is 0.626. The number of urea groups is 1. The molecule has 1 saturated heterocycles. The fourth-order valence-corrected chi connectivity index (χ4v) is 3.61. The number of fused-ring (bicyclic) bond motifs is 1. The Morgan fingerprint density at radius 1 is 1.27 bits per heavy atom. The van der Waals surface area contributed by atoms with Crippen molar-refractivity contribution in [2.45, 2.75) is 38.9 Å². The number of nitrogens with one attached hydrogen (secondary N) is 1. The number of hydrogen-bond donors (Lipinski definition) is 2. The molecule has 2 aliphatic rings. The number of rotatable bonds is 2. The number of halogens is 3. The molecule has 3 heterocycles. The van der Waals surface area contributed by atoms with Crippen molar-refractivity contribution in [1.29, 1.82) is 0 Å². The van der Waals surface area contributed by atoms with E-state index in [2.05, 4.69) is 10.4 Å². The van der Waals surface area contributed by atoms with Gasteiger partial charge in [0.1, 0.15) is 0 Å². The maximum absolute atomic E-state index is 13.4. The minimum Gasteiger partial charge on any atom is -0.400 e. The number of aromatic nitrogens is 2. The van der Waals surface area contributed by atoms with E-state index in [4.69, 9.17) is 5.11 Å². The lowest BCUT2D eigenvalue weighted by Gasteiger charge is -2.35. The third kappa shape index (κ3) is 3.97. The van der Waals surface area contributed by atoms with Gasteiger partial charge in [0.2, 0.25) is 5.91 Å². The fraction of sp³-hybridized carbons (Fsp3) is 0.421. The Labute approximate surface area is 172 Å². The average Bonchev–Trinajstić information content (AvgIpc) is 3.32. The lowest BCUT2D eigenvalue weighted by atomic mass is 10.2. The van der Waals surface area contributed by atoms with Gasteiger partial charge in [0.05, 0.1) is 36.7 Å². The molecule has 1 aromatic heterocycles. The van der Waals surface area contributed by atoms with Crippen LogP contribution in [0.3, 0.4) is 0 Å². The summed E-state index contributed by atoms with van der Waals surface area (Å²) in [4.78, 5) is 27.9. The maximum atomic E-state index is 13.4. The highest BCUT2D eigenvalue weighted by molar-refractivity contribution is 5.96. The van der Waals surface area contributed by atoms with Gasteiger partial charge in [-0.25, -0.2) is 18.0 Å². The first-order chi connectivity index (χ1) is 14.3. The van der Waals surface area contributed by atoms with Crippen LogP contribution in [0, 0.1) is 17.5 Å². The molecule has 11 heteroatoms. The van der Waals surface area contributed by atoms with Crippen molar-refractivity contribution in [2.75, 3.05) is 23.9 Å².